The van der Waals surface area contributed by atoms with Gasteiger partial charge in [-0.1, -0.05) is 51.2 Å². The summed E-state index contributed by atoms with van der Waals surface area (Å²) in [4.78, 5) is 0. The fourth-order valence-electron chi connectivity index (χ4n) is 0.574. The van der Waals surface area contributed by atoms with Gasteiger partial charge < -0.3 is 4.74 Å². The molecule has 0 fully saturated rings. The Labute approximate surface area is 95.0 Å². The minimum Gasteiger partial charge on any atom is -0.466 e. The van der Waals surface area contributed by atoms with Crippen LogP contribution in [0.4, 0.5) is 0 Å². The lowest BCUT2D eigenvalue weighted by Gasteiger charge is -2.04. The highest BCUT2D eigenvalue weighted by atomic mass is 35.6. The molecule has 3 nitrogen and oxygen atoms in total. The van der Waals surface area contributed by atoms with Crippen molar-refractivity contribution >= 4 is 46.1 Å². The van der Waals surface area contributed by atoms with Gasteiger partial charge in [-0.3, -0.25) is 0 Å². The highest BCUT2D eigenvalue weighted by Crippen LogP contribution is 2.41. The molecule has 0 unspecified atom stereocenters. The molecule has 7 heteroatoms. The van der Waals surface area contributed by atoms with E-state index in [9.17, 15) is 0 Å². The Morgan fingerprint density at radius 1 is 1.31 bits per heavy atom. The van der Waals surface area contributed by atoms with Crippen molar-refractivity contribution < 1.29 is 4.74 Å². The van der Waals surface area contributed by atoms with E-state index in [1.54, 1.807) is 0 Å². The van der Waals surface area contributed by atoms with E-state index >= 15 is 0 Å². The summed E-state index contributed by atoms with van der Waals surface area (Å²) in [5.41, 5.74) is 0. The van der Waals surface area contributed by atoms with E-state index in [1.165, 1.54) is 0 Å². The Hall–Kier alpha value is 0.230. The molecule has 0 amide bonds. The summed E-state index contributed by atoms with van der Waals surface area (Å²) in [6, 6.07) is 0. The largest absolute Gasteiger partial charge is 0.466 e. The zero-order valence-corrected chi connectivity index (χ0v) is 10.0. The number of halogens is 3. The molecule has 0 radical (unpaired) electrons. The Balaban J connectivity index is 2.75. The van der Waals surface area contributed by atoms with Crippen molar-refractivity contribution in [3.8, 4) is 5.19 Å². The van der Waals surface area contributed by atoms with Crippen molar-refractivity contribution in [1.82, 2.24) is 10.2 Å². The first-order valence-corrected chi connectivity index (χ1v) is 5.42. The molecular weight excluding hydrogens is 255 g/mol. The van der Waals surface area contributed by atoms with Gasteiger partial charge in [0.1, 0.15) is 0 Å². The predicted octanol–water partition coefficient (Wildman–Crippen LogP) is 3.15. The smallest absolute Gasteiger partial charge is 0.294 e. The summed E-state index contributed by atoms with van der Waals surface area (Å²) in [7, 11) is 0. The molecule has 0 aliphatic carbocycles. The minimum atomic E-state index is -1.52. The molecule has 0 atom stereocenters. The molecule has 0 bridgehead atoms. The van der Waals surface area contributed by atoms with Gasteiger partial charge in [-0.15, -0.1) is 5.10 Å². The summed E-state index contributed by atoms with van der Waals surface area (Å²) >= 11 is 17.9. The van der Waals surface area contributed by atoms with E-state index in [4.69, 9.17) is 39.5 Å². The normalized spacial score (nSPS) is 12.2. The monoisotopic (exact) mass is 260 g/mol. The summed E-state index contributed by atoms with van der Waals surface area (Å²) in [5.74, 6) is 0. The molecule has 0 spiro atoms. The van der Waals surface area contributed by atoms with Crippen LogP contribution in [0.25, 0.3) is 0 Å². The Morgan fingerprint density at radius 2 is 1.92 bits per heavy atom. The zero-order chi connectivity index (χ0) is 10.1. The molecule has 0 aromatic carbocycles. The second-order valence-electron chi connectivity index (χ2n) is 2.54. The highest BCUT2D eigenvalue weighted by molar-refractivity contribution is 7.14. The van der Waals surface area contributed by atoms with Crippen molar-refractivity contribution in [3.05, 3.63) is 5.01 Å². The van der Waals surface area contributed by atoms with E-state index in [2.05, 4.69) is 10.2 Å². The van der Waals surface area contributed by atoms with Crippen LogP contribution in [0.2, 0.25) is 0 Å². The number of aromatic nitrogens is 2. The van der Waals surface area contributed by atoms with Crippen molar-refractivity contribution in [2.45, 2.75) is 23.7 Å². The average Bonchev–Trinajstić information content (AvgIpc) is 2.32. The fraction of sp³-hybridized carbons (Fsp3) is 0.667. The van der Waals surface area contributed by atoms with E-state index in [0.29, 0.717) is 10.2 Å². The lowest BCUT2D eigenvalue weighted by atomic mass is 10.5. The average molecular weight is 262 g/mol. The van der Waals surface area contributed by atoms with Gasteiger partial charge in [0.25, 0.3) is 5.19 Å². The highest BCUT2D eigenvalue weighted by Gasteiger charge is 2.28. The Bertz CT molecular complexity index is 284. The number of alkyl halides is 3. The zero-order valence-electron chi connectivity index (χ0n) is 6.92. The van der Waals surface area contributed by atoms with Crippen LogP contribution in [0.1, 0.15) is 18.9 Å². The topological polar surface area (TPSA) is 35.0 Å². The van der Waals surface area contributed by atoms with Crippen LogP contribution in [0.15, 0.2) is 0 Å². The molecule has 74 valence electrons. The van der Waals surface area contributed by atoms with Crippen LogP contribution >= 0.6 is 46.1 Å². The molecule has 0 aliphatic rings. The van der Waals surface area contributed by atoms with Crippen LogP contribution in [0.5, 0.6) is 5.19 Å². The molecule has 0 saturated heterocycles. The van der Waals surface area contributed by atoms with Crippen molar-refractivity contribution in [1.29, 1.82) is 0 Å². The molecule has 13 heavy (non-hydrogen) atoms. The third-order valence-corrected chi connectivity index (χ3v) is 2.79. The van der Waals surface area contributed by atoms with Crippen LogP contribution in [0, 0.1) is 0 Å². The van der Waals surface area contributed by atoms with Gasteiger partial charge >= 0.3 is 0 Å². The lowest BCUT2D eigenvalue weighted by Crippen LogP contribution is -2.04. The first-order chi connectivity index (χ1) is 5.89. The summed E-state index contributed by atoms with van der Waals surface area (Å²) < 4.78 is 3.74. The summed E-state index contributed by atoms with van der Waals surface area (Å²) in [5, 5.41) is 8.13. The molecule has 0 saturated carbocycles. The third kappa shape index (κ3) is 3.46. The lowest BCUT2D eigenvalue weighted by molar-refractivity contribution is 0.239. The Morgan fingerprint density at radius 3 is 2.31 bits per heavy atom. The maximum absolute atomic E-state index is 5.59. The van der Waals surface area contributed by atoms with Crippen LogP contribution < -0.4 is 4.74 Å². The van der Waals surface area contributed by atoms with E-state index in [-0.39, 0.29) is 6.10 Å². The van der Waals surface area contributed by atoms with Crippen molar-refractivity contribution in [2.24, 2.45) is 0 Å². The number of hydrogen-bond acceptors (Lipinski definition) is 4. The molecular formula is C6H7Cl3N2OS. The van der Waals surface area contributed by atoms with Gasteiger partial charge in [0.05, 0.1) is 6.10 Å². The van der Waals surface area contributed by atoms with Gasteiger partial charge in [-0.2, -0.15) is 0 Å². The first-order valence-electron chi connectivity index (χ1n) is 3.47. The van der Waals surface area contributed by atoms with E-state index in [1.807, 2.05) is 13.8 Å². The minimum absolute atomic E-state index is 0.0381. The number of hydrogen-bond donors (Lipinski definition) is 0. The SMILES string of the molecule is CC(C)Oc1nnc(C(Cl)(Cl)Cl)s1. The second kappa shape index (κ2) is 4.17. The third-order valence-electron chi connectivity index (χ3n) is 0.985. The van der Waals surface area contributed by atoms with E-state index < -0.39 is 3.79 Å². The molecule has 1 rings (SSSR count). The van der Waals surface area contributed by atoms with Crippen molar-refractivity contribution in [2.75, 3.05) is 0 Å². The standard InChI is InChI=1S/C6H7Cl3N2OS/c1-3(2)12-5-11-10-4(13-5)6(7,8)9/h3H,1-2H3. The fourth-order valence-corrected chi connectivity index (χ4v) is 1.72. The van der Waals surface area contributed by atoms with Crippen molar-refractivity contribution in [3.63, 3.8) is 0 Å². The van der Waals surface area contributed by atoms with Crippen LogP contribution in [-0.4, -0.2) is 16.3 Å². The van der Waals surface area contributed by atoms with Gasteiger partial charge in [-0.05, 0) is 13.8 Å². The second-order valence-corrected chi connectivity index (χ2v) is 5.76. The number of ether oxygens (including phenoxy) is 1. The van der Waals surface area contributed by atoms with Gasteiger partial charge in [0.15, 0.2) is 5.01 Å². The van der Waals surface area contributed by atoms with Crippen LogP contribution in [-0.2, 0) is 3.79 Å². The molecule has 1 heterocycles. The summed E-state index contributed by atoms with van der Waals surface area (Å²) in [6.07, 6.45) is 0.0381. The maximum atomic E-state index is 5.59. The summed E-state index contributed by atoms with van der Waals surface area (Å²) in [6.45, 7) is 3.77. The first kappa shape index (κ1) is 11.3. The van der Waals surface area contributed by atoms with E-state index in [0.717, 1.165) is 11.3 Å². The maximum Gasteiger partial charge on any atom is 0.294 e. The predicted molar refractivity (Wildman–Crippen MR) is 54.9 cm³/mol. The number of rotatable bonds is 2. The molecule has 0 N–H and O–H groups in total. The van der Waals surface area contributed by atoms with Gasteiger partial charge in [0.2, 0.25) is 3.79 Å². The quantitative estimate of drug-likeness (QED) is 0.767. The van der Waals surface area contributed by atoms with Gasteiger partial charge in [0, 0.05) is 0 Å². The van der Waals surface area contributed by atoms with Gasteiger partial charge in [-0.25, -0.2) is 0 Å². The molecule has 1 aromatic rings. The number of nitrogens with zero attached hydrogens (tertiary/aromatic N) is 2. The molecule has 1 aromatic heterocycles. The Kier molecular flexibility index (Phi) is 3.63. The molecule has 0 aliphatic heterocycles. The van der Waals surface area contributed by atoms with Crippen LogP contribution in [0.3, 0.4) is 0 Å².